The lowest BCUT2D eigenvalue weighted by atomic mass is 10.3. The van der Waals surface area contributed by atoms with Crippen molar-refractivity contribution in [2.24, 2.45) is 0 Å². The second-order valence-corrected chi connectivity index (χ2v) is 5.13. The van der Waals surface area contributed by atoms with E-state index in [4.69, 9.17) is 0 Å². The molecule has 1 fully saturated rings. The Balaban J connectivity index is 1.88. The number of rotatable bonds is 2. The van der Waals surface area contributed by atoms with E-state index in [2.05, 4.69) is 20.9 Å². The molecule has 0 aliphatic carbocycles. The zero-order chi connectivity index (χ0) is 13.2. The molecule has 0 bridgehead atoms. The van der Waals surface area contributed by atoms with Crippen LogP contribution in [0.1, 0.15) is 0 Å². The molecule has 1 saturated heterocycles. The van der Waals surface area contributed by atoms with Gasteiger partial charge in [-0.25, -0.2) is 4.98 Å². The summed E-state index contributed by atoms with van der Waals surface area (Å²) in [6.07, 6.45) is -2.42. The van der Waals surface area contributed by atoms with Gasteiger partial charge in [0.2, 0.25) is 0 Å². The summed E-state index contributed by atoms with van der Waals surface area (Å²) in [6.45, 7) is 1.15. The third kappa shape index (κ3) is 3.84. The number of alkyl halides is 3. The Morgan fingerprint density at radius 3 is 2.33 bits per heavy atom. The fourth-order valence-electron chi connectivity index (χ4n) is 1.94. The number of hydrogen-bond acceptors (Lipinski definition) is 3. The minimum atomic E-state index is -4.11. The predicted octanol–water partition coefficient (Wildman–Crippen LogP) is 2.53. The highest BCUT2D eigenvalue weighted by Gasteiger charge is 2.32. The molecule has 3 nitrogen and oxygen atoms in total. The van der Waals surface area contributed by atoms with Gasteiger partial charge in [-0.1, -0.05) is 0 Å². The molecular formula is C11H13BrF3N3. The van der Waals surface area contributed by atoms with Gasteiger partial charge >= 0.3 is 6.18 Å². The van der Waals surface area contributed by atoms with Crippen molar-refractivity contribution >= 4 is 21.7 Å². The van der Waals surface area contributed by atoms with Crippen LogP contribution in [0.3, 0.4) is 0 Å². The lowest BCUT2D eigenvalue weighted by Gasteiger charge is -2.35. The summed E-state index contributed by atoms with van der Waals surface area (Å²) in [4.78, 5) is 7.67. The van der Waals surface area contributed by atoms with E-state index in [1.807, 2.05) is 17.0 Å². The number of anilines is 1. The zero-order valence-corrected chi connectivity index (χ0v) is 11.2. The zero-order valence-electron chi connectivity index (χ0n) is 9.62. The molecule has 18 heavy (non-hydrogen) atoms. The molecule has 1 aliphatic heterocycles. The first-order chi connectivity index (χ1) is 8.44. The van der Waals surface area contributed by atoms with Crippen LogP contribution in [-0.2, 0) is 0 Å². The Bertz CT molecular complexity index is 386. The highest BCUT2D eigenvalue weighted by Crippen LogP contribution is 2.20. The Labute approximate surface area is 112 Å². The fraction of sp³-hybridized carbons (Fsp3) is 0.545. The van der Waals surface area contributed by atoms with Crippen LogP contribution in [-0.4, -0.2) is 48.8 Å². The van der Waals surface area contributed by atoms with Gasteiger partial charge in [0.25, 0.3) is 0 Å². The summed E-state index contributed by atoms with van der Waals surface area (Å²) in [7, 11) is 0. The quantitative estimate of drug-likeness (QED) is 0.833. The maximum atomic E-state index is 12.2. The lowest BCUT2D eigenvalue weighted by molar-refractivity contribution is -0.146. The maximum absolute atomic E-state index is 12.2. The molecule has 2 rings (SSSR count). The van der Waals surface area contributed by atoms with Crippen LogP contribution >= 0.6 is 15.9 Å². The monoisotopic (exact) mass is 323 g/mol. The van der Waals surface area contributed by atoms with Crippen LogP contribution in [0.25, 0.3) is 0 Å². The van der Waals surface area contributed by atoms with Gasteiger partial charge in [-0.3, -0.25) is 4.90 Å². The molecular weight excluding hydrogens is 311 g/mol. The topological polar surface area (TPSA) is 19.4 Å². The highest BCUT2D eigenvalue weighted by atomic mass is 79.9. The molecule has 0 radical (unpaired) electrons. The molecule has 2 heterocycles. The van der Waals surface area contributed by atoms with Crippen molar-refractivity contribution < 1.29 is 13.2 Å². The number of halogens is 4. The lowest BCUT2D eigenvalue weighted by Crippen LogP contribution is -2.49. The Morgan fingerprint density at radius 1 is 1.17 bits per heavy atom. The number of hydrogen-bond donors (Lipinski definition) is 0. The second kappa shape index (κ2) is 5.44. The van der Waals surface area contributed by atoms with Crippen molar-refractivity contribution in [3.63, 3.8) is 0 Å². The molecule has 0 saturated carbocycles. The van der Waals surface area contributed by atoms with Crippen molar-refractivity contribution in [2.75, 3.05) is 37.6 Å². The highest BCUT2D eigenvalue weighted by molar-refractivity contribution is 9.10. The van der Waals surface area contributed by atoms with E-state index in [-0.39, 0.29) is 0 Å². The molecule has 1 aliphatic rings. The van der Waals surface area contributed by atoms with Crippen LogP contribution < -0.4 is 4.90 Å². The average Bonchev–Trinajstić information content (AvgIpc) is 2.29. The van der Waals surface area contributed by atoms with Gasteiger partial charge in [-0.2, -0.15) is 13.2 Å². The average molecular weight is 324 g/mol. The molecule has 7 heteroatoms. The number of pyridine rings is 1. The summed E-state index contributed by atoms with van der Waals surface area (Å²) < 4.78 is 37.6. The minimum Gasteiger partial charge on any atom is -0.354 e. The summed E-state index contributed by atoms with van der Waals surface area (Å²) in [5.74, 6) is 0.810. The van der Waals surface area contributed by atoms with Gasteiger partial charge in [-0.05, 0) is 28.1 Å². The van der Waals surface area contributed by atoms with E-state index in [9.17, 15) is 13.2 Å². The minimum absolute atomic E-state index is 0.414. The van der Waals surface area contributed by atoms with E-state index in [1.54, 1.807) is 6.20 Å². The van der Waals surface area contributed by atoms with E-state index in [0.717, 1.165) is 10.3 Å². The van der Waals surface area contributed by atoms with Gasteiger partial charge in [0.15, 0.2) is 0 Å². The molecule has 0 atom stereocenters. The van der Waals surface area contributed by atoms with E-state index in [1.165, 1.54) is 4.90 Å². The first-order valence-electron chi connectivity index (χ1n) is 5.60. The summed E-state index contributed by atoms with van der Waals surface area (Å²) in [5.41, 5.74) is 0. The van der Waals surface area contributed by atoms with Gasteiger partial charge in [0, 0.05) is 36.8 Å². The molecule has 1 aromatic heterocycles. The van der Waals surface area contributed by atoms with Crippen molar-refractivity contribution in [3.8, 4) is 0 Å². The Kier molecular flexibility index (Phi) is 4.11. The van der Waals surface area contributed by atoms with Crippen LogP contribution in [0, 0.1) is 0 Å². The fourth-order valence-corrected chi connectivity index (χ4v) is 2.18. The van der Waals surface area contributed by atoms with E-state index < -0.39 is 12.7 Å². The molecule has 0 unspecified atom stereocenters. The molecule has 0 spiro atoms. The van der Waals surface area contributed by atoms with Gasteiger partial charge in [-0.15, -0.1) is 0 Å². The van der Waals surface area contributed by atoms with Crippen LogP contribution in [0.4, 0.5) is 19.0 Å². The third-order valence-corrected chi connectivity index (χ3v) is 3.28. The summed E-state index contributed by atoms with van der Waals surface area (Å²) >= 11 is 3.30. The van der Waals surface area contributed by atoms with Crippen LogP contribution in [0.2, 0.25) is 0 Å². The van der Waals surface area contributed by atoms with Gasteiger partial charge in [0.05, 0.1) is 6.54 Å². The summed E-state index contributed by atoms with van der Waals surface area (Å²) in [6, 6.07) is 3.74. The number of nitrogens with zero attached hydrogens (tertiary/aromatic N) is 3. The third-order valence-electron chi connectivity index (χ3n) is 2.81. The van der Waals surface area contributed by atoms with Crippen molar-refractivity contribution in [2.45, 2.75) is 6.18 Å². The largest absolute Gasteiger partial charge is 0.401 e. The molecule has 0 aromatic carbocycles. The second-order valence-electron chi connectivity index (χ2n) is 4.21. The summed E-state index contributed by atoms with van der Waals surface area (Å²) in [5, 5.41) is 0. The maximum Gasteiger partial charge on any atom is 0.401 e. The first-order valence-corrected chi connectivity index (χ1v) is 6.39. The van der Waals surface area contributed by atoms with Crippen LogP contribution in [0.15, 0.2) is 22.8 Å². The normalized spacial score (nSPS) is 18.1. The molecule has 0 amide bonds. The van der Waals surface area contributed by atoms with Crippen molar-refractivity contribution in [1.29, 1.82) is 0 Å². The van der Waals surface area contributed by atoms with E-state index in [0.29, 0.717) is 26.2 Å². The Hall–Kier alpha value is -0.820. The van der Waals surface area contributed by atoms with Crippen LogP contribution in [0.5, 0.6) is 0 Å². The van der Waals surface area contributed by atoms with Gasteiger partial charge in [0.1, 0.15) is 5.82 Å². The van der Waals surface area contributed by atoms with E-state index >= 15 is 0 Å². The molecule has 1 aromatic rings. The van der Waals surface area contributed by atoms with Gasteiger partial charge < -0.3 is 4.90 Å². The van der Waals surface area contributed by atoms with Crippen molar-refractivity contribution in [3.05, 3.63) is 22.8 Å². The Morgan fingerprint density at radius 2 is 1.83 bits per heavy atom. The molecule has 100 valence electrons. The standard InChI is InChI=1S/C11H13BrF3N3/c12-9-1-2-10(16-7-9)18-5-3-17(4-6-18)8-11(13,14)15/h1-2,7H,3-6,8H2. The van der Waals surface area contributed by atoms with Crippen molar-refractivity contribution in [1.82, 2.24) is 9.88 Å². The predicted molar refractivity (Wildman–Crippen MR) is 66.6 cm³/mol. The smallest absolute Gasteiger partial charge is 0.354 e. The first kappa shape index (κ1) is 13.6. The SMILES string of the molecule is FC(F)(F)CN1CCN(c2ccc(Br)cn2)CC1. The number of piperazine rings is 1. The number of aromatic nitrogens is 1. The molecule has 0 N–H and O–H groups in total.